The van der Waals surface area contributed by atoms with E-state index in [1.807, 2.05) is 58.9 Å². The van der Waals surface area contributed by atoms with Gasteiger partial charge in [-0.3, -0.25) is 14.4 Å². The molecule has 3 amide bonds. The molecule has 2 aromatic rings. The molecule has 2 saturated heterocycles. The number of hydrogen-bond acceptors (Lipinski definition) is 7. The third-order valence-electron chi connectivity index (χ3n) is 11.1. The van der Waals surface area contributed by atoms with Crippen molar-refractivity contribution in [1.29, 1.82) is 0 Å². The molecule has 1 aliphatic carbocycles. The molecule has 4 atom stereocenters. The lowest BCUT2D eigenvalue weighted by Crippen LogP contribution is -2.62. The summed E-state index contributed by atoms with van der Waals surface area (Å²) in [5, 5.41) is 1.64. The van der Waals surface area contributed by atoms with Gasteiger partial charge in [0.1, 0.15) is 21.6 Å². The number of aryl methyl sites for hydroxylation is 1. The van der Waals surface area contributed by atoms with Crippen LogP contribution in [0.2, 0.25) is 10.2 Å². The molecule has 3 unspecified atom stereocenters. The fourth-order valence-electron chi connectivity index (χ4n) is 8.33. The number of pyridine rings is 1. The fraction of sp³-hybridized carbons (Fsp3) is 0.528. The first-order valence-electron chi connectivity index (χ1n) is 17.2. The van der Waals surface area contributed by atoms with Crippen LogP contribution in [0.5, 0.6) is 0 Å². The van der Waals surface area contributed by atoms with Crippen LogP contribution < -0.4 is 0 Å². The molecule has 5 heterocycles. The SMILES string of the molecule is Cc1cc(Cl)ccc1C1N2C(=NC1(C)c1ccc(Cl)nc1)SC(C(=O)N1C(C(=O)N3CCN(C(=O)C(F)(F)F)C4(CC4)C3)CC[C@H]1C)=C2C(C)C. The molecule has 5 aliphatic rings. The number of aliphatic imine (C=N–C) groups is 1. The van der Waals surface area contributed by atoms with Gasteiger partial charge >= 0.3 is 12.1 Å². The fourth-order valence-corrected chi connectivity index (χ4v) is 10.0. The number of thioether (sulfide) groups is 1. The molecule has 15 heteroatoms. The largest absolute Gasteiger partial charge is 0.471 e. The smallest absolute Gasteiger partial charge is 0.337 e. The molecule has 272 valence electrons. The molecule has 0 N–H and O–H groups in total. The number of halogens is 5. The van der Waals surface area contributed by atoms with E-state index in [0.29, 0.717) is 45.9 Å². The zero-order chi connectivity index (χ0) is 36.8. The molecule has 51 heavy (non-hydrogen) atoms. The van der Waals surface area contributed by atoms with Crippen LogP contribution in [0.3, 0.4) is 0 Å². The third-order valence-corrected chi connectivity index (χ3v) is 12.6. The van der Waals surface area contributed by atoms with Crippen molar-refractivity contribution in [3.63, 3.8) is 0 Å². The lowest BCUT2D eigenvalue weighted by atomic mass is 9.80. The second-order valence-corrected chi connectivity index (χ2v) is 16.6. The van der Waals surface area contributed by atoms with Gasteiger partial charge in [0, 0.05) is 48.2 Å². The van der Waals surface area contributed by atoms with E-state index in [0.717, 1.165) is 27.3 Å². The summed E-state index contributed by atoms with van der Waals surface area (Å²) in [6.07, 6.45) is -1.39. The number of likely N-dealkylation sites (tertiary alicyclic amines) is 1. The number of allylic oxidation sites excluding steroid dienone is 1. The van der Waals surface area contributed by atoms with Crippen LogP contribution in [0.1, 0.15) is 76.1 Å². The maximum Gasteiger partial charge on any atom is 0.471 e. The van der Waals surface area contributed by atoms with Crippen molar-refractivity contribution in [3.8, 4) is 0 Å². The molecule has 7 rings (SSSR count). The van der Waals surface area contributed by atoms with E-state index >= 15 is 0 Å². The minimum atomic E-state index is -4.97. The van der Waals surface area contributed by atoms with Gasteiger partial charge in [-0.05, 0) is 93.5 Å². The van der Waals surface area contributed by atoms with Gasteiger partial charge in [0.25, 0.3) is 5.91 Å². The van der Waals surface area contributed by atoms with Gasteiger partial charge in [0.2, 0.25) is 5.91 Å². The van der Waals surface area contributed by atoms with Gasteiger partial charge < -0.3 is 19.6 Å². The van der Waals surface area contributed by atoms with Crippen molar-refractivity contribution in [2.24, 2.45) is 10.9 Å². The number of amides is 3. The Hall–Kier alpha value is -3.29. The van der Waals surface area contributed by atoms with Gasteiger partial charge in [-0.15, -0.1) is 0 Å². The summed E-state index contributed by atoms with van der Waals surface area (Å²) >= 11 is 13.9. The summed E-state index contributed by atoms with van der Waals surface area (Å²) in [7, 11) is 0. The third kappa shape index (κ3) is 6.00. The Labute approximate surface area is 309 Å². The average molecular weight is 764 g/mol. The van der Waals surface area contributed by atoms with Crippen molar-refractivity contribution in [1.82, 2.24) is 24.6 Å². The topological polar surface area (TPSA) is 89.4 Å². The van der Waals surface area contributed by atoms with E-state index in [1.165, 1.54) is 11.8 Å². The molecule has 1 spiro atoms. The predicted octanol–water partition coefficient (Wildman–Crippen LogP) is 7.08. The van der Waals surface area contributed by atoms with Crippen molar-refractivity contribution >= 4 is 57.9 Å². The number of carbonyl (C=O) groups excluding carboxylic acids is 3. The second kappa shape index (κ2) is 12.7. The molecule has 1 aromatic heterocycles. The maximum absolute atomic E-state index is 14.8. The Balaban J connectivity index is 1.22. The summed E-state index contributed by atoms with van der Waals surface area (Å²) in [4.78, 5) is 57.6. The standard InChI is InChI=1S/C36H39Cl2F3N6O3S/c1-19(2)27-28(51-33-43-34(5,22-7-11-26(38)42-17-22)29(47(27)33)24-9-8-23(37)16-20(24)3)31(49)46-21(4)6-10-25(46)30(48)44-14-15-45(32(50)36(39,40)41)35(18-44)12-13-35/h7-9,11,16-17,19,21,25,29H,6,10,12-15,18H2,1-5H3/t21-,25?,29?,34?/m1/s1. The minimum absolute atomic E-state index is 0.0190. The van der Waals surface area contributed by atoms with Crippen LogP contribution in [0.4, 0.5) is 13.2 Å². The Kier molecular flexibility index (Phi) is 8.98. The molecule has 4 aliphatic heterocycles. The monoisotopic (exact) mass is 762 g/mol. The van der Waals surface area contributed by atoms with Crippen LogP contribution in [-0.2, 0) is 19.9 Å². The molecule has 0 radical (unpaired) electrons. The van der Waals surface area contributed by atoms with Crippen LogP contribution in [-0.4, -0.2) is 90.9 Å². The van der Waals surface area contributed by atoms with E-state index in [9.17, 15) is 27.6 Å². The number of benzene rings is 1. The molecule has 1 saturated carbocycles. The summed E-state index contributed by atoms with van der Waals surface area (Å²) in [5.41, 5.74) is 1.81. The Morgan fingerprint density at radius 2 is 1.78 bits per heavy atom. The van der Waals surface area contributed by atoms with Crippen LogP contribution >= 0.6 is 35.0 Å². The zero-order valence-electron chi connectivity index (χ0n) is 28.9. The van der Waals surface area contributed by atoms with Gasteiger partial charge in [0.05, 0.1) is 11.6 Å². The first-order valence-corrected chi connectivity index (χ1v) is 18.7. The molecule has 9 nitrogen and oxygen atoms in total. The number of hydrogen-bond donors (Lipinski definition) is 0. The highest BCUT2D eigenvalue weighted by Gasteiger charge is 2.60. The Morgan fingerprint density at radius 3 is 2.39 bits per heavy atom. The van der Waals surface area contributed by atoms with Crippen LogP contribution in [0.25, 0.3) is 0 Å². The van der Waals surface area contributed by atoms with Gasteiger partial charge in [-0.25, -0.2) is 9.98 Å². The Morgan fingerprint density at radius 1 is 1.06 bits per heavy atom. The van der Waals surface area contributed by atoms with Crippen molar-refractivity contribution in [3.05, 3.63) is 74.0 Å². The number of carbonyl (C=O) groups is 3. The number of alkyl halides is 3. The second-order valence-electron chi connectivity index (χ2n) is 14.7. The van der Waals surface area contributed by atoms with E-state index in [-0.39, 0.29) is 49.5 Å². The van der Waals surface area contributed by atoms with E-state index in [2.05, 4.69) is 9.88 Å². The average Bonchev–Trinajstić information content (AvgIpc) is 3.41. The minimum Gasteiger partial charge on any atom is -0.337 e. The van der Waals surface area contributed by atoms with Crippen LogP contribution in [0.15, 0.2) is 52.1 Å². The highest BCUT2D eigenvalue weighted by atomic mass is 35.5. The molecular weight excluding hydrogens is 724 g/mol. The van der Waals surface area contributed by atoms with Crippen molar-refractivity contribution in [2.75, 3.05) is 19.6 Å². The maximum atomic E-state index is 14.8. The summed E-state index contributed by atoms with van der Waals surface area (Å²) in [6.45, 7) is 9.85. The summed E-state index contributed by atoms with van der Waals surface area (Å²) < 4.78 is 40.1. The normalized spacial score (nSPS) is 27.1. The highest BCUT2D eigenvalue weighted by Crippen LogP contribution is 2.57. The van der Waals surface area contributed by atoms with E-state index in [4.69, 9.17) is 28.2 Å². The van der Waals surface area contributed by atoms with Crippen molar-refractivity contribution in [2.45, 2.75) is 95.7 Å². The van der Waals surface area contributed by atoms with Crippen molar-refractivity contribution < 1.29 is 27.6 Å². The summed E-state index contributed by atoms with van der Waals surface area (Å²) in [5.74, 6) is -2.52. The lowest BCUT2D eigenvalue weighted by molar-refractivity contribution is -0.191. The number of amidine groups is 1. The quantitative estimate of drug-likeness (QED) is 0.303. The van der Waals surface area contributed by atoms with Gasteiger partial charge in [0.15, 0.2) is 5.17 Å². The molecular formula is C36H39Cl2F3N6O3S. The number of fused-ring (bicyclic) bond motifs is 1. The molecule has 1 aromatic carbocycles. The zero-order valence-corrected chi connectivity index (χ0v) is 31.3. The number of rotatable bonds is 5. The lowest BCUT2D eigenvalue weighted by Gasteiger charge is -2.43. The predicted molar refractivity (Wildman–Crippen MR) is 190 cm³/mol. The first-order chi connectivity index (χ1) is 24.0. The first kappa shape index (κ1) is 36.1. The Bertz CT molecular complexity index is 1870. The van der Waals surface area contributed by atoms with Gasteiger partial charge in [-0.2, -0.15) is 13.2 Å². The van der Waals surface area contributed by atoms with Gasteiger partial charge in [-0.1, -0.05) is 49.2 Å². The highest BCUT2D eigenvalue weighted by molar-refractivity contribution is 8.18. The summed E-state index contributed by atoms with van der Waals surface area (Å²) in [6, 6.07) is 8.05. The van der Waals surface area contributed by atoms with E-state index in [1.54, 1.807) is 22.1 Å². The van der Waals surface area contributed by atoms with E-state index < -0.39 is 29.2 Å². The van der Waals surface area contributed by atoms with Crippen LogP contribution in [0, 0.1) is 12.8 Å². The number of nitrogens with zero attached hydrogens (tertiary/aromatic N) is 6. The number of piperazine rings is 1. The number of aromatic nitrogens is 1. The molecule has 0 bridgehead atoms. The molecule has 3 fully saturated rings.